The Morgan fingerprint density at radius 2 is 2.21 bits per heavy atom. The van der Waals surface area contributed by atoms with Gasteiger partial charge >= 0.3 is 0 Å². The van der Waals surface area contributed by atoms with Gasteiger partial charge in [-0.3, -0.25) is 0 Å². The molecule has 0 aliphatic heterocycles. The van der Waals surface area contributed by atoms with E-state index in [2.05, 4.69) is 44.6 Å². The molecule has 14 heavy (non-hydrogen) atoms. The average Bonchev–Trinajstić information content (AvgIpc) is 2.58. The molecule has 0 saturated carbocycles. The molecular formula is C10H15BrN2S. The SMILES string of the molecule is C=CCNCCNCc1sccc1Br. The molecule has 0 aliphatic carbocycles. The highest BCUT2D eigenvalue weighted by atomic mass is 79.9. The van der Waals surface area contributed by atoms with Gasteiger partial charge in [-0.25, -0.2) is 0 Å². The molecule has 1 aromatic rings. The third kappa shape index (κ3) is 4.37. The lowest BCUT2D eigenvalue weighted by Gasteiger charge is -2.03. The van der Waals surface area contributed by atoms with Crippen molar-refractivity contribution in [1.29, 1.82) is 0 Å². The Hall–Kier alpha value is -0.160. The third-order valence-electron chi connectivity index (χ3n) is 1.74. The molecule has 0 unspecified atom stereocenters. The van der Waals surface area contributed by atoms with Gasteiger partial charge in [-0.2, -0.15) is 0 Å². The summed E-state index contributed by atoms with van der Waals surface area (Å²) >= 11 is 5.27. The van der Waals surface area contributed by atoms with E-state index in [0.717, 1.165) is 26.2 Å². The van der Waals surface area contributed by atoms with E-state index in [0.29, 0.717) is 0 Å². The first-order valence-corrected chi connectivity index (χ1v) is 6.26. The van der Waals surface area contributed by atoms with Gasteiger partial charge in [0.05, 0.1) is 0 Å². The zero-order chi connectivity index (χ0) is 10.2. The van der Waals surface area contributed by atoms with E-state index in [-0.39, 0.29) is 0 Å². The van der Waals surface area contributed by atoms with E-state index in [1.807, 2.05) is 6.08 Å². The first-order valence-electron chi connectivity index (χ1n) is 4.59. The number of nitrogens with one attached hydrogen (secondary N) is 2. The molecule has 0 aromatic carbocycles. The predicted molar refractivity (Wildman–Crippen MR) is 66.8 cm³/mol. The summed E-state index contributed by atoms with van der Waals surface area (Å²) in [6.07, 6.45) is 1.87. The second-order valence-electron chi connectivity index (χ2n) is 2.86. The molecule has 0 atom stereocenters. The highest BCUT2D eigenvalue weighted by Crippen LogP contribution is 2.21. The minimum atomic E-state index is 0.879. The van der Waals surface area contributed by atoms with Crippen molar-refractivity contribution in [2.45, 2.75) is 6.54 Å². The van der Waals surface area contributed by atoms with Crippen molar-refractivity contribution in [3.05, 3.63) is 33.5 Å². The van der Waals surface area contributed by atoms with Crippen LogP contribution in [-0.2, 0) is 6.54 Å². The third-order valence-corrected chi connectivity index (χ3v) is 3.67. The maximum absolute atomic E-state index is 3.64. The van der Waals surface area contributed by atoms with E-state index >= 15 is 0 Å². The van der Waals surface area contributed by atoms with Gasteiger partial charge in [0.15, 0.2) is 0 Å². The van der Waals surface area contributed by atoms with Crippen molar-refractivity contribution in [1.82, 2.24) is 10.6 Å². The number of hydrogen-bond acceptors (Lipinski definition) is 3. The second kappa shape index (κ2) is 7.17. The van der Waals surface area contributed by atoms with Crippen LogP contribution in [0.25, 0.3) is 0 Å². The number of rotatable bonds is 7. The lowest BCUT2D eigenvalue weighted by atomic mass is 10.4. The van der Waals surface area contributed by atoms with Crippen molar-refractivity contribution in [3.63, 3.8) is 0 Å². The molecule has 0 fully saturated rings. The summed E-state index contributed by atoms with van der Waals surface area (Å²) in [5.74, 6) is 0. The lowest BCUT2D eigenvalue weighted by Crippen LogP contribution is -2.26. The molecule has 0 aliphatic rings. The summed E-state index contributed by atoms with van der Waals surface area (Å²) in [6, 6.07) is 2.08. The van der Waals surface area contributed by atoms with Crippen LogP contribution in [0.1, 0.15) is 4.88 Å². The number of halogens is 1. The molecule has 0 bridgehead atoms. The Labute approximate surface area is 97.5 Å². The summed E-state index contributed by atoms with van der Waals surface area (Å²) in [7, 11) is 0. The van der Waals surface area contributed by atoms with E-state index in [1.54, 1.807) is 11.3 Å². The van der Waals surface area contributed by atoms with Crippen LogP contribution in [0.5, 0.6) is 0 Å². The molecule has 78 valence electrons. The largest absolute Gasteiger partial charge is 0.312 e. The van der Waals surface area contributed by atoms with Crippen LogP contribution in [0.3, 0.4) is 0 Å². The summed E-state index contributed by atoms with van der Waals surface area (Å²) in [5, 5.41) is 8.71. The van der Waals surface area contributed by atoms with E-state index < -0.39 is 0 Å². The molecule has 0 amide bonds. The van der Waals surface area contributed by atoms with E-state index in [9.17, 15) is 0 Å². The molecule has 1 heterocycles. The minimum absolute atomic E-state index is 0.879. The monoisotopic (exact) mass is 274 g/mol. The number of hydrogen-bond donors (Lipinski definition) is 2. The van der Waals surface area contributed by atoms with Crippen LogP contribution in [0, 0.1) is 0 Å². The Balaban J connectivity index is 2.04. The zero-order valence-corrected chi connectivity index (χ0v) is 10.5. The maximum atomic E-state index is 3.64. The normalized spacial score (nSPS) is 10.4. The quantitative estimate of drug-likeness (QED) is 0.589. The molecule has 1 aromatic heterocycles. The van der Waals surface area contributed by atoms with Gasteiger partial charge < -0.3 is 10.6 Å². The van der Waals surface area contributed by atoms with Gasteiger partial charge in [0.25, 0.3) is 0 Å². The van der Waals surface area contributed by atoms with Crippen LogP contribution in [0.4, 0.5) is 0 Å². The van der Waals surface area contributed by atoms with Crippen molar-refractivity contribution >= 4 is 27.3 Å². The zero-order valence-electron chi connectivity index (χ0n) is 8.05. The van der Waals surface area contributed by atoms with Gasteiger partial charge in [-0.05, 0) is 27.4 Å². The van der Waals surface area contributed by atoms with Crippen LogP contribution in [0.15, 0.2) is 28.6 Å². The van der Waals surface area contributed by atoms with Gasteiger partial charge in [0, 0.05) is 35.5 Å². The predicted octanol–water partition coefficient (Wildman–Crippen LogP) is 2.38. The second-order valence-corrected chi connectivity index (χ2v) is 4.72. The molecule has 1 rings (SSSR count). The molecule has 4 heteroatoms. The summed E-state index contributed by atoms with van der Waals surface area (Å²) in [4.78, 5) is 1.36. The Bertz CT molecular complexity index is 273. The Kier molecular flexibility index (Phi) is 6.10. The van der Waals surface area contributed by atoms with Crippen molar-refractivity contribution in [2.24, 2.45) is 0 Å². The highest BCUT2D eigenvalue weighted by molar-refractivity contribution is 9.10. The van der Waals surface area contributed by atoms with Gasteiger partial charge in [-0.15, -0.1) is 17.9 Å². The Morgan fingerprint density at radius 1 is 1.43 bits per heavy atom. The van der Waals surface area contributed by atoms with Crippen molar-refractivity contribution < 1.29 is 0 Å². The highest BCUT2D eigenvalue weighted by Gasteiger charge is 1.98. The van der Waals surface area contributed by atoms with Crippen LogP contribution in [0.2, 0.25) is 0 Å². The molecular weight excluding hydrogens is 260 g/mol. The first kappa shape index (κ1) is 11.9. The van der Waals surface area contributed by atoms with Crippen molar-refractivity contribution in [3.8, 4) is 0 Å². The van der Waals surface area contributed by atoms with Gasteiger partial charge in [0.2, 0.25) is 0 Å². The van der Waals surface area contributed by atoms with Crippen LogP contribution < -0.4 is 10.6 Å². The van der Waals surface area contributed by atoms with Gasteiger partial charge in [-0.1, -0.05) is 6.08 Å². The fourth-order valence-electron chi connectivity index (χ4n) is 1.03. The first-order chi connectivity index (χ1) is 6.84. The topological polar surface area (TPSA) is 24.1 Å². The fraction of sp³-hybridized carbons (Fsp3) is 0.400. The molecule has 0 radical (unpaired) electrons. The van der Waals surface area contributed by atoms with E-state index in [1.165, 1.54) is 9.35 Å². The lowest BCUT2D eigenvalue weighted by molar-refractivity contribution is 0.638. The minimum Gasteiger partial charge on any atom is -0.312 e. The van der Waals surface area contributed by atoms with Crippen molar-refractivity contribution in [2.75, 3.05) is 19.6 Å². The molecule has 2 N–H and O–H groups in total. The maximum Gasteiger partial charge on any atom is 0.0327 e. The Morgan fingerprint density at radius 3 is 2.86 bits per heavy atom. The molecule has 2 nitrogen and oxygen atoms in total. The molecule has 0 saturated heterocycles. The average molecular weight is 275 g/mol. The fourth-order valence-corrected chi connectivity index (χ4v) is 2.50. The van der Waals surface area contributed by atoms with E-state index in [4.69, 9.17) is 0 Å². The molecule has 0 spiro atoms. The van der Waals surface area contributed by atoms with Crippen LogP contribution in [-0.4, -0.2) is 19.6 Å². The number of thiophene rings is 1. The smallest absolute Gasteiger partial charge is 0.0327 e. The van der Waals surface area contributed by atoms with Gasteiger partial charge in [0.1, 0.15) is 0 Å². The summed E-state index contributed by atoms with van der Waals surface area (Å²) in [5.41, 5.74) is 0. The summed E-state index contributed by atoms with van der Waals surface area (Å²) < 4.78 is 1.20. The summed E-state index contributed by atoms with van der Waals surface area (Å²) in [6.45, 7) is 7.43. The standard InChI is InChI=1S/C10H15BrN2S/c1-2-4-12-5-6-13-8-10-9(11)3-7-14-10/h2-3,7,12-13H,1,4-6,8H2. The van der Waals surface area contributed by atoms with Crippen LogP contribution >= 0.6 is 27.3 Å².